The molecule has 0 saturated carbocycles. The maximum Gasteiger partial charge on any atom is 0.235 e. The van der Waals surface area contributed by atoms with E-state index in [0.717, 1.165) is 4.47 Å². The number of Topliss-reactive ketones (excluding diaryl/α,β-unsaturated/α-hetero) is 1. The number of hydrogen-bond acceptors (Lipinski definition) is 5. The summed E-state index contributed by atoms with van der Waals surface area (Å²) in [4.78, 5) is 40.0. The van der Waals surface area contributed by atoms with Crippen molar-refractivity contribution >= 4 is 39.7 Å². The van der Waals surface area contributed by atoms with Gasteiger partial charge < -0.3 is 0 Å². The van der Waals surface area contributed by atoms with Gasteiger partial charge >= 0.3 is 0 Å². The molecule has 1 aromatic carbocycles. The minimum absolute atomic E-state index is 0.184. The Balaban J connectivity index is 1.77. The fourth-order valence-corrected chi connectivity index (χ4v) is 4.26. The molecule has 3 heterocycles. The van der Waals surface area contributed by atoms with Crippen LogP contribution in [0.4, 0.5) is 0 Å². The van der Waals surface area contributed by atoms with Crippen molar-refractivity contribution in [3.63, 3.8) is 0 Å². The van der Waals surface area contributed by atoms with Gasteiger partial charge in [-0.05, 0) is 25.1 Å². The lowest BCUT2D eigenvalue weighted by Crippen LogP contribution is -2.45. The molecule has 0 bridgehead atoms. The third-order valence-corrected chi connectivity index (χ3v) is 5.62. The quantitative estimate of drug-likeness (QED) is 0.572. The van der Waals surface area contributed by atoms with Crippen molar-refractivity contribution in [1.82, 2.24) is 9.91 Å². The van der Waals surface area contributed by atoms with Gasteiger partial charge in [-0.2, -0.15) is 5.10 Å². The predicted molar refractivity (Wildman–Crippen MR) is 94.9 cm³/mol. The normalized spacial score (nSPS) is 30.0. The van der Waals surface area contributed by atoms with Crippen LogP contribution in [-0.2, 0) is 9.59 Å². The minimum Gasteiger partial charge on any atom is -0.292 e. The summed E-state index contributed by atoms with van der Waals surface area (Å²) < 4.78 is 0.870. The number of hydrogen-bond donors (Lipinski definition) is 0. The zero-order chi connectivity index (χ0) is 17.7. The lowest BCUT2D eigenvalue weighted by Gasteiger charge is -2.30. The van der Waals surface area contributed by atoms with Gasteiger partial charge in [-0.15, -0.1) is 0 Å². The summed E-state index contributed by atoms with van der Waals surface area (Å²) in [6, 6.07) is 5.90. The first-order valence-corrected chi connectivity index (χ1v) is 8.98. The summed E-state index contributed by atoms with van der Waals surface area (Å²) in [5, 5.41) is 5.94. The van der Waals surface area contributed by atoms with Gasteiger partial charge in [0.25, 0.3) is 0 Å². The number of nitrogens with zero attached hydrogens (tertiary/aromatic N) is 3. The Morgan fingerprint density at radius 1 is 1.16 bits per heavy atom. The van der Waals surface area contributed by atoms with Crippen molar-refractivity contribution in [3.05, 3.63) is 46.5 Å². The number of ketones is 1. The monoisotopic (exact) mass is 401 g/mol. The molecule has 25 heavy (non-hydrogen) atoms. The molecular formula is C18H16BrN3O3. The average molecular weight is 402 g/mol. The molecule has 2 fully saturated rings. The molecule has 7 heteroatoms. The molecule has 3 aliphatic heterocycles. The van der Waals surface area contributed by atoms with E-state index in [-0.39, 0.29) is 23.6 Å². The standard InChI is InChI=1S/C18H16BrN3O3/c1-2-21-17(24)13-12-4-3-9-20-22(12)15(14(13)18(21)25)16(23)10-5-7-11(19)8-6-10/h3-9,12-15H,2H2,1H3/t12-,13+,14+,15+/m1/s1. The third-order valence-electron chi connectivity index (χ3n) is 5.10. The Labute approximate surface area is 153 Å². The Morgan fingerprint density at radius 3 is 2.52 bits per heavy atom. The number of fused-ring (bicyclic) bond motifs is 3. The summed E-state index contributed by atoms with van der Waals surface area (Å²) in [6.07, 6.45) is 5.20. The van der Waals surface area contributed by atoms with Gasteiger partial charge in [-0.25, -0.2) is 0 Å². The SMILES string of the molecule is CCN1C(=O)[C@@H]2[C@H](C1=O)[C@@H](C(=O)c1ccc(Br)cc1)N1N=CC=C[C@H]21. The second-order valence-corrected chi connectivity index (χ2v) is 7.22. The molecule has 2 amide bonds. The van der Waals surface area contributed by atoms with Gasteiger partial charge in [-0.1, -0.05) is 34.1 Å². The molecule has 0 spiro atoms. The van der Waals surface area contributed by atoms with Gasteiger partial charge in [0.2, 0.25) is 11.8 Å². The molecule has 0 radical (unpaired) electrons. The maximum atomic E-state index is 13.2. The number of allylic oxidation sites excluding steroid dienone is 1. The molecule has 128 valence electrons. The number of imide groups is 1. The molecule has 3 aliphatic rings. The number of amides is 2. The zero-order valence-corrected chi connectivity index (χ0v) is 15.1. The van der Waals surface area contributed by atoms with Gasteiger partial charge in [-0.3, -0.25) is 24.3 Å². The highest BCUT2D eigenvalue weighted by Crippen LogP contribution is 2.44. The molecule has 0 unspecified atom stereocenters. The highest BCUT2D eigenvalue weighted by Gasteiger charge is 2.63. The van der Waals surface area contributed by atoms with Crippen LogP contribution < -0.4 is 0 Å². The Bertz CT molecular complexity index is 817. The molecular weight excluding hydrogens is 386 g/mol. The summed E-state index contributed by atoms with van der Waals surface area (Å²) >= 11 is 3.35. The molecule has 0 aliphatic carbocycles. The fraction of sp³-hybridized carbons (Fsp3) is 0.333. The Kier molecular flexibility index (Phi) is 3.83. The van der Waals surface area contributed by atoms with E-state index >= 15 is 0 Å². The molecule has 4 atom stereocenters. The van der Waals surface area contributed by atoms with E-state index in [2.05, 4.69) is 21.0 Å². The maximum absolute atomic E-state index is 13.2. The average Bonchev–Trinajstić information content (AvgIpc) is 3.08. The lowest BCUT2D eigenvalue weighted by atomic mass is 9.86. The third kappa shape index (κ3) is 2.29. The van der Waals surface area contributed by atoms with Crippen molar-refractivity contribution < 1.29 is 14.4 Å². The number of carbonyl (C=O) groups excluding carboxylic acids is 3. The molecule has 6 nitrogen and oxygen atoms in total. The van der Waals surface area contributed by atoms with E-state index in [0.29, 0.717) is 12.1 Å². The summed E-state index contributed by atoms with van der Waals surface area (Å²) in [5.74, 6) is -1.90. The van der Waals surface area contributed by atoms with Crippen LogP contribution in [0.15, 0.2) is 46.0 Å². The van der Waals surface area contributed by atoms with Crippen LogP contribution in [0.5, 0.6) is 0 Å². The number of likely N-dealkylation sites (tertiary alicyclic amines) is 1. The number of carbonyl (C=O) groups is 3. The van der Waals surface area contributed by atoms with Crippen LogP contribution in [-0.4, -0.2) is 52.3 Å². The Morgan fingerprint density at radius 2 is 1.84 bits per heavy atom. The zero-order valence-electron chi connectivity index (χ0n) is 13.5. The second-order valence-electron chi connectivity index (χ2n) is 6.31. The van der Waals surface area contributed by atoms with Crippen molar-refractivity contribution in [3.8, 4) is 0 Å². The second kappa shape index (κ2) is 5.91. The first-order chi connectivity index (χ1) is 12.0. The van der Waals surface area contributed by atoms with Gasteiger partial charge in [0.15, 0.2) is 5.78 Å². The van der Waals surface area contributed by atoms with E-state index in [1.165, 1.54) is 4.90 Å². The van der Waals surface area contributed by atoms with Gasteiger partial charge in [0, 0.05) is 22.8 Å². The van der Waals surface area contributed by atoms with Crippen molar-refractivity contribution in [2.24, 2.45) is 16.9 Å². The Hall–Kier alpha value is -2.28. The van der Waals surface area contributed by atoms with Gasteiger partial charge in [0.05, 0.1) is 17.9 Å². The van der Waals surface area contributed by atoms with E-state index in [9.17, 15) is 14.4 Å². The summed E-state index contributed by atoms with van der Waals surface area (Å²) in [5.41, 5.74) is 0.507. The molecule has 0 aromatic heterocycles. The first-order valence-electron chi connectivity index (χ1n) is 8.18. The lowest BCUT2D eigenvalue weighted by molar-refractivity contribution is -0.141. The number of rotatable bonds is 3. The molecule has 0 N–H and O–H groups in total. The smallest absolute Gasteiger partial charge is 0.235 e. The van der Waals surface area contributed by atoms with Crippen LogP contribution in [0.25, 0.3) is 0 Å². The highest BCUT2D eigenvalue weighted by molar-refractivity contribution is 9.10. The molecule has 4 rings (SSSR count). The largest absolute Gasteiger partial charge is 0.292 e. The van der Waals surface area contributed by atoms with Crippen molar-refractivity contribution in [2.75, 3.05) is 6.54 Å². The predicted octanol–water partition coefficient (Wildman–Crippen LogP) is 1.86. The molecule has 1 aromatic rings. The van der Waals surface area contributed by atoms with E-state index in [4.69, 9.17) is 0 Å². The molecule has 2 saturated heterocycles. The minimum atomic E-state index is -0.759. The van der Waals surface area contributed by atoms with Gasteiger partial charge in [0.1, 0.15) is 6.04 Å². The van der Waals surface area contributed by atoms with Crippen molar-refractivity contribution in [1.29, 1.82) is 0 Å². The fourth-order valence-electron chi connectivity index (χ4n) is 4.00. The van der Waals surface area contributed by atoms with Crippen LogP contribution in [0.2, 0.25) is 0 Å². The highest BCUT2D eigenvalue weighted by atomic mass is 79.9. The summed E-state index contributed by atoms with van der Waals surface area (Å²) in [6.45, 7) is 2.10. The number of hydrazone groups is 1. The van der Waals surface area contributed by atoms with Crippen LogP contribution in [0.1, 0.15) is 17.3 Å². The van der Waals surface area contributed by atoms with Crippen LogP contribution >= 0.6 is 15.9 Å². The van der Waals surface area contributed by atoms with Crippen LogP contribution in [0, 0.1) is 11.8 Å². The number of benzene rings is 1. The van der Waals surface area contributed by atoms with Crippen LogP contribution in [0.3, 0.4) is 0 Å². The first kappa shape index (κ1) is 16.2. The topological polar surface area (TPSA) is 70.1 Å². The number of halogens is 1. The van der Waals surface area contributed by atoms with E-state index in [1.54, 1.807) is 48.5 Å². The van der Waals surface area contributed by atoms with Crippen molar-refractivity contribution in [2.45, 2.75) is 19.0 Å². The van der Waals surface area contributed by atoms with E-state index < -0.39 is 17.9 Å². The summed E-state index contributed by atoms with van der Waals surface area (Å²) in [7, 11) is 0. The van der Waals surface area contributed by atoms with E-state index in [1.807, 2.05) is 6.08 Å².